The van der Waals surface area contributed by atoms with Gasteiger partial charge in [-0.3, -0.25) is 0 Å². The van der Waals surface area contributed by atoms with Gasteiger partial charge in [-0.1, -0.05) is 31.2 Å². The second kappa shape index (κ2) is 8.47. The van der Waals surface area contributed by atoms with Gasteiger partial charge in [0.25, 0.3) is 0 Å². The number of benzene rings is 2. The lowest BCUT2D eigenvalue weighted by Gasteiger charge is -2.16. The third-order valence-electron chi connectivity index (χ3n) is 3.56. The average molecular weight is 313 g/mol. The molecule has 3 nitrogen and oxygen atoms in total. The molecule has 0 aliphatic carbocycles. The van der Waals surface area contributed by atoms with Crippen molar-refractivity contribution in [2.45, 2.75) is 52.9 Å². The molecule has 0 saturated heterocycles. The first kappa shape index (κ1) is 17.2. The van der Waals surface area contributed by atoms with Crippen LogP contribution in [-0.2, 0) is 6.54 Å². The lowest BCUT2D eigenvalue weighted by molar-refractivity contribution is 0.217. The topological polar surface area (TPSA) is 30.5 Å². The lowest BCUT2D eigenvalue weighted by atomic mass is 10.2. The maximum atomic E-state index is 5.87. The number of hydrogen-bond acceptors (Lipinski definition) is 3. The Hall–Kier alpha value is -2.16. The van der Waals surface area contributed by atoms with Gasteiger partial charge >= 0.3 is 0 Å². The van der Waals surface area contributed by atoms with Crippen molar-refractivity contribution in [1.29, 1.82) is 0 Å². The minimum atomic E-state index is 0.170. The third kappa shape index (κ3) is 5.51. The summed E-state index contributed by atoms with van der Waals surface area (Å²) in [5.74, 6) is 1.83. The molecule has 0 fully saturated rings. The van der Waals surface area contributed by atoms with Gasteiger partial charge in [-0.05, 0) is 45.4 Å². The van der Waals surface area contributed by atoms with Crippen LogP contribution in [0.1, 0.15) is 39.7 Å². The van der Waals surface area contributed by atoms with Crippen LogP contribution in [0.4, 0.5) is 5.69 Å². The van der Waals surface area contributed by atoms with Crippen molar-refractivity contribution in [2.75, 3.05) is 5.32 Å². The summed E-state index contributed by atoms with van der Waals surface area (Å²) < 4.78 is 11.7. The Balaban J connectivity index is 2.02. The van der Waals surface area contributed by atoms with Crippen LogP contribution in [0, 0.1) is 0 Å². The van der Waals surface area contributed by atoms with E-state index in [9.17, 15) is 0 Å². The summed E-state index contributed by atoms with van der Waals surface area (Å²) in [6.07, 6.45) is 1.39. The third-order valence-corrected chi connectivity index (χ3v) is 3.56. The van der Waals surface area contributed by atoms with Gasteiger partial charge in [-0.25, -0.2) is 0 Å². The molecule has 0 aliphatic rings. The van der Waals surface area contributed by atoms with Crippen LogP contribution < -0.4 is 14.8 Å². The first-order chi connectivity index (χ1) is 11.1. The predicted molar refractivity (Wildman–Crippen MR) is 96.4 cm³/mol. The molecule has 1 atom stereocenters. The number of rotatable bonds is 8. The zero-order chi connectivity index (χ0) is 16.7. The molecular weight excluding hydrogens is 286 g/mol. The molecule has 0 heterocycles. The second-order valence-electron chi connectivity index (χ2n) is 5.99. The Labute approximate surface area is 139 Å². The first-order valence-corrected chi connectivity index (χ1v) is 8.33. The number of anilines is 1. The van der Waals surface area contributed by atoms with Gasteiger partial charge in [0.05, 0.1) is 12.2 Å². The summed E-state index contributed by atoms with van der Waals surface area (Å²) >= 11 is 0. The van der Waals surface area contributed by atoms with E-state index < -0.39 is 0 Å². The molecule has 0 aliphatic heterocycles. The molecule has 0 saturated carbocycles. The van der Waals surface area contributed by atoms with E-state index in [2.05, 4.69) is 31.3 Å². The minimum absolute atomic E-state index is 0.170. The van der Waals surface area contributed by atoms with Gasteiger partial charge in [-0.15, -0.1) is 0 Å². The Kier molecular flexibility index (Phi) is 6.33. The molecule has 0 amide bonds. The molecule has 0 bridgehead atoms. The van der Waals surface area contributed by atoms with Crippen molar-refractivity contribution >= 4 is 5.69 Å². The van der Waals surface area contributed by atoms with Crippen LogP contribution in [-0.4, -0.2) is 12.2 Å². The highest BCUT2D eigenvalue weighted by molar-refractivity contribution is 5.49. The van der Waals surface area contributed by atoms with Gasteiger partial charge in [-0.2, -0.15) is 0 Å². The number of ether oxygens (including phenoxy) is 2. The summed E-state index contributed by atoms with van der Waals surface area (Å²) in [7, 11) is 0. The molecule has 23 heavy (non-hydrogen) atoms. The van der Waals surface area contributed by atoms with Gasteiger partial charge in [0, 0.05) is 23.9 Å². The van der Waals surface area contributed by atoms with Crippen molar-refractivity contribution < 1.29 is 9.47 Å². The largest absolute Gasteiger partial charge is 0.491 e. The number of para-hydroxylation sites is 1. The predicted octanol–water partition coefficient (Wildman–Crippen LogP) is 5.26. The van der Waals surface area contributed by atoms with E-state index in [1.165, 1.54) is 0 Å². The van der Waals surface area contributed by atoms with Crippen molar-refractivity contribution in [3.63, 3.8) is 0 Å². The van der Waals surface area contributed by atoms with E-state index in [0.717, 1.165) is 35.7 Å². The molecule has 124 valence electrons. The Bertz CT molecular complexity index is 610. The monoisotopic (exact) mass is 313 g/mol. The van der Waals surface area contributed by atoms with Crippen molar-refractivity contribution in [3.8, 4) is 11.5 Å². The molecule has 2 rings (SSSR count). The molecule has 3 heteroatoms. The zero-order valence-corrected chi connectivity index (χ0v) is 14.5. The molecule has 2 aromatic carbocycles. The second-order valence-corrected chi connectivity index (χ2v) is 5.99. The lowest BCUT2D eigenvalue weighted by Crippen LogP contribution is -2.10. The molecule has 0 aromatic heterocycles. The van der Waals surface area contributed by atoms with E-state index in [1.54, 1.807) is 0 Å². The Morgan fingerprint density at radius 3 is 2.48 bits per heavy atom. The van der Waals surface area contributed by atoms with E-state index in [4.69, 9.17) is 9.47 Å². The highest BCUT2D eigenvalue weighted by Crippen LogP contribution is 2.23. The molecule has 0 spiro atoms. The van der Waals surface area contributed by atoms with E-state index >= 15 is 0 Å². The van der Waals surface area contributed by atoms with Crippen molar-refractivity contribution in [1.82, 2.24) is 0 Å². The average Bonchev–Trinajstić information content (AvgIpc) is 2.54. The smallest absolute Gasteiger partial charge is 0.124 e. The summed E-state index contributed by atoms with van der Waals surface area (Å²) in [5, 5.41) is 3.45. The van der Waals surface area contributed by atoms with Crippen LogP contribution in [0.2, 0.25) is 0 Å². The van der Waals surface area contributed by atoms with Gasteiger partial charge in [0.1, 0.15) is 11.5 Å². The van der Waals surface area contributed by atoms with E-state index in [0.29, 0.717) is 0 Å². The van der Waals surface area contributed by atoms with Crippen molar-refractivity contribution in [2.24, 2.45) is 0 Å². The van der Waals surface area contributed by atoms with Gasteiger partial charge in [0.2, 0.25) is 0 Å². The Morgan fingerprint density at radius 2 is 1.74 bits per heavy atom. The first-order valence-electron chi connectivity index (χ1n) is 8.33. The van der Waals surface area contributed by atoms with E-state index in [1.807, 2.05) is 50.2 Å². The van der Waals surface area contributed by atoms with Crippen LogP contribution in [0.25, 0.3) is 0 Å². The maximum Gasteiger partial charge on any atom is 0.124 e. The number of nitrogens with one attached hydrogen (secondary N) is 1. The van der Waals surface area contributed by atoms with Crippen LogP contribution in [0.5, 0.6) is 11.5 Å². The molecule has 0 radical (unpaired) electrons. The normalized spacial score (nSPS) is 12.0. The summed E-state index contributed by atoms with van der Waals surface area (Å²) in [5.41, 5.74) is 2.19. The van der Waals surface area contributed by atoms with Gasteiger partial charge < -0.3 is 14.8 Å². The minimum Gasteiger partial charge on any atom is -0.491 e. The van der Waals surface area contributed by atoms with Crippen molar-refractivity contribution in [3.05, 3.63) is 54.1 Å². The SMILES string of the molecule is CCC(C)Oc1cccc(NCc2ccccc2OC(C)C)c1. The van der Waals surface area contributed by atoms with Gasteiger partial charge in [0.15, 0.2) is 0 Å². The zero-order valence-electron chi connectivity index (χ0n) is 14.5. The fourth-order valence-corrected chi connectivity index (χ4v) is 2.21. The fraction of sp³-hybridized carbons (Fsp3) is 0.400. The van der Waals surface area contributed by atoms with Crippen LogP contribution in [0.15, 0.2) is 48.5 Å². The maximum absolute atomic E-state index is 5.87. The van der Waals surface area contributed by atoms with Crippen LogP contribution >= 0.6 is 0 Å². The highest BCUT2D eigenvalue weighted by Gasteiger charge is 2.06. The van der Waals surface area contributed by atoms with Crippen LogP contribution in [0.3, 0.4) is 0 Å². The molecule has 2 aromatic rings. The summed E-state index contributed by atoms with van der Waals surface area (Å²) in [4.78, 5) is 0. The summed E-state index contributed by atoms with van der Waals surface area (Å²) in [6.45, 7) is 9.01. The molecule has 1 unspecified atom stereocenters. The van der Waals surface area contributed by atoms with E-state index in [-0.39, 0.29) is 12.2 Å². The summed E-state index contributed by atoms with van der Waals surface area (Å²) in [6, 6.07) is 16.2. The number of hydrogen-bond donors (Lipinski definition) is 1. The Morgan fingerprint density at radius 1 is 0.957 bits per heavy atom. The molecule has 1 N–H and O–H groups in total. The quantitative estimate of drug-likeness (QED) is 0.720. The standard InChI is InChI=1S/C20H27NO2/c1-5-16(4)23-19-11-8-10-18(13-19)21-14-17-9-6-7-12-20(17)22-15(2)3/h6-13,15-16,21H,5,14H2,1-4H3. The fourth-order valence-electron chi connectivity index (χ4n) is 2.21. The molecular formula is C20H27NO2. The highest BCUT2D eigenvalue weighted by atomic mass is 16.5.